The number of carbonyl (C=O) groups is 1. The van der Waals surface area contributed by atoms with Crippen molar-refractivity contribution >= 4 is 23.4 Å². The van der Waals surface area contributed by atoms with Crippen LogP contribution in [0.1, 0.15) is 11.1 Å². The quantitative estimate of drug-likeness (QED) is 0.838. The van der Waals surface area contributed by atoms with Crippen molar-refractivity contribution in [3.05, 3.63) is 59.9 Å². The summed E-state index contributed by atoms with van der Waals surface area (Å²) in [6.07, 6.45) is 3.63. The molecular formula is C19H23N3OS. The number of benzene rings is 1. The van der Waals surface area contributed by atoms with Crippen molar-refractivity contribution in [2.75, 3.05) is 36.8 Å². The summed E-state index contributed by atoms with van der Waals surface area (Å²) >= 11 is 1.70. The Morgan fingerprint density at radius 3 is 2.58 bits per heavy atom. The average molecular weight is 341 g/mol. The Morgan fingerprint density at radius 2 is 1.88 bits per heavy atom. The Kier molecular flexibility index (Phi) is 5.75. The number of aromatic nitrogens is 1. The molecule has 1 aromatic heterocycles. The second kappa shape index (κ2) is 8.20. The predicted molar refractivity (Wildman–Crippen MR) is 100 cm³/mol. The van der Waals surface area contributed by atoms with Crippen LogP contribution in [0, 0.1) is 6.92 Å². The third kappa shape index (κ3) is 4.51. The first kappa shape index (κ1) is 16.8. The molecule has 0 aliphatic carbocycles. The van der Waals surface area contributed by atoms with Crippen LogP contribution in [0.4, 0.5) is 5.69 Å². The van der Waals surface area contributed by atoms with Crippen LogP contribution in [0.2, 0.25) is 0 Å². The average Bonchev–Trinajstić information content (AvgIpc) is 2.63. The van der Waals surface area contributed by atoms with Gasteiger partial charge in [-0.25, -0.2) is 0 Å². The Balaban J connectivity index is 1.42. The summed E-state index contributed by atoms with van der Waals surface area (Å²) in [6, 6.07) is 12.5. The van der Waals surface area contributed by atoms with Gasteiger partial charge in [-0.05, 0) is 24.6 Å². The molecule has 1 aliphatic rings. The Morgan fingerprint density at radius 1 is 1.12 bits per heavy atom. The van der Waals surface area contributed by atoms with E-state index in [9.17, 15) is 4.79 Å². The molecule has 24 heavy (non-hydrogen) atoms. The molecular weight excluding hydrogens is 318 g/mol. The van der Waals surface area contributed by atoms with Crippen LogP contribution in [-0.2, 0) is 10.5 Å². The third-order valence-corrected chi connectivity index (χ3v) is 5.23. The van der Waals surface area contributed by atoms with Gasteiger partial charge in [-0.3, -0.25) is 9.78 Å². The lowest BCUT2D eigenvalue weighted by molar-refractivity contribution is -0.128. The summed E-state index contributed by atoms with van der Waals surface area (Å²) in [5, 5.41) is 0. The summed E-state index contributed by atoms with van der Waals surface area (Å²) in [4.78, 5) is 20.7. The third-order valence-electron chi connectivity index (χ3n) is 4.24. The Bertz CT molecular complexity index is 669. The molecule has 0 saturated carbocycles. The topological polar surface area (TPSA) is 36.4 Å². The van der Waals surface area contributed by atoms with E-state index >= 15 is 0 Å². The predicted octanol–water partition coefficient (Wildman–Crippen LogP) is 2.97. The van der Waals surface area contributed by atoms with Gasteiger partial charge in [0.2, 0.25) is 5.91 Å². The molecule has 1 saturated heterocycles. The van der Waals surface area contributed by atoms with Gasteiger partial charge in [0.1, 0.15) is 0 Å². The van der Waals surface area contributed by atoms with Gasteiger partial charge in [0, 0.05) is 50.0 Å². The number of rotatable bonds is 5. The van der Waals surface area contributed by atoms with Crippen LogP contribution in [0.5, 0.6) is 0 Å². The maximum absolute atomic E-state index is 12.4. The van der Waals surface area contributed by atoms with Gasteiger partial charge in [0.15, 0.2) is 0 Å². The molecule has 4 nitrogen and oxygen atoms in total. The maximum Gasteiger partial charge on any atom is 0.232 e. The van der Waals surface area contributed by atoms with Crippen molar-refractivity contribution in [1.82, 2.24) is 9.88 Å². The lowest BCUT2D eigenvalue weighted by atomic mass is 10.2. The number of hydrogen-bond acceptors (Lipinski definition) is 4. The largest absolute Gasteiger partial charge is 0.368 e. The molecule has 0 radical (unpaired) electrons. The molecule has 0 atom stereocenters. The van der Waals surface area contributed by atoms with Crippen molar-refractivity contribution in [1.29, 1.82) is 0 Å². The normalized spacial score (nSPS) is 14.7. The van der Waals surface area contributed by atoms with Crippen molar-refractivity contribution in [2.45, 2.75) is 12.7 Å². The first-order chi connectivity index (χ1) is 11.7. The molecule has 0 spiro atoms. The molecule has 1 fully saturated rings. The fourth-order valence-electron chi connectivity index (χ4n) is 2.92. The fourth-order valence-corrected chi connectivity index (χ4v) is 3.79. The molecule has 1 aliphatic heterocycles. The fraction of sp³-hybridized carbons (Fsp3) is 0.368. The summed E-state index contributed by atoms with van der Waals surface area (Å²) in [6.45, 7) is 5.47. The number of aryl methyl sites for hydroxylation is 1. The molecule has 3 rings (SSSR count). The van der Waals surface area contributed by atoms with E-state index in [1.807, 2.05) is 29.4 Å². The maximum atomic E-state index is 12.4. The van der Waals surface area contributed by atoms with Crippen LogP contribution >= 0.6 is 11.8 Å². The summed E-state index contributed by atoms with van der Waals surface area (Å²) < 4.78 is 0. The van der Waals surface area contributed by atoms with Gasteiger partial charge in [0.05, 0.1) is 5.75 Å². The minimum atomic E-state index is 0.252. The Hall–Kier alpha value is -2.01. The van der Waals surface area contributed by atoms with Crippen molar-refractivity contribution < 1.29 is 4.79 Å². The number of amides is 1. The van der Waals surface area contributed by atoms with Crippen molar-refractivity contribution in [3.63, 3.8) is 0 Å². The highest BCUT2D eigenvalue weighted by Crippen LogP contribution is 2.17. The number of carbonyl (C=O) groups excluding carboxylic acids is 1. The number of pyridine rings is 1. The molecule has 1 amide bonds. The van der Waals surface area contributed by atoms with Gasteiger partial charge < -0.3 is 9.80 Å². The van der Waals surface area contributed by atoms with Gasteiger partial charge in [0.25, 0.3) is 0 Å². The first-order valence-electron chi connectivity index (χ1n) is 8.28. The van der Waals surface area contributed by atoms with Gasteiger partial charge in [-0.1, -0.05) is 29.8 Å². The lowest BCUT2D eigenvalue weighted by Gasteiger charge is -2.36. The van der Waals surface area contributed by atoms with Crippen LogP contribution < -0.4 is 4.90 Å². The zero-order valence-electron chi connectivity index (χ0n) is 14.0. The highest BCUT2D eigenvalue weighted by molar-refractivity contribution is 7.99. The molecule has 0 bridgehead atoms. The monoisotopic (exact) mass is 341 g/mol. The Labute approximate surface area is 147 Å². The minimum absolute atomic E-state index is 0.252. The van der Waals surface area contributed by atoms with E-state index in [0.29, 0.717) is 5.75 Å². The summed E-state index contributed by atoms with van der Waals surface area (Å²) in [5.74, 6) is 1.70. The van der Waals surface area contributed by atoms with Crippen LogP contribution in [0.25, 0.3) is 0 Å². The zero-order valence-corrected chi connectivity index (χ0v) is 14.8. The molecule has 126 valence electrons. The standard InChI is InChI=1S/C19H23N3OS/c1-16-3-2-4-17(13-16)14-24-15-19(23)22-11-9-21(10-12-22)18-5-7-20-8-6-18/h2-8,13H,9-12,14-15H2,1H3. The molecule has 0 N–H and O–H groups in total. The van der Waals surface area contributed by atoms with E-state index in [0.717, 1.165) is 31.9 Å². The highest BCUT2D eigenvalue weighted by Gasteiger charge is 2.20. The zero-order chi connectivity index (χ0) is 16.8. The van der Waals surface area contributed by atoms with Crippen LogP contribution in [-0.4, -0.2) is 47.7 Å². The second-order valence-electron chi connectivity index (χ2n) is 6.06. The van der Waals surface area contributed by atoms with Crippen molar-refractivity contribution in [3.8, 4) is 0 Å². The minimum Gasteiger partial charge on any atom is -0.368 e. The lowest BCUT2D eigenvalue weighted by Crippen LogP contribution is -2.49. The summed E-state index contributed by atoms with van der Waals surface area (Å²) in [7, 11) is 0. The molecule has 0 unspecified atom stereocenters. The van der Waals surface area contributed by atoms with Crippen molar-refractivity contribution in [2.24, 2.45) is 0 Å². The van der Waals surface area contributed by atoms with E-state index in [1.165, 1.54) is 16.8 Å². The van der Waals surface area contributed by atoms with E-state index in [2.05, 4.69) is 41.1 Å². The molecule has 2 heterocycles. The highest BCUT2D eigenvalue weighted by atomic mass is 32.2. The van der Waals surface area contributed by atoms with E-state index in [-0.39, 0.29) is 5.91 Å². The molecule has 5 heteroatoms. The molecule has 2 aromatic rings. The van der Waals surface area contributed by atoms with E-state index in [4.69, 9.17) is 0 Å². The SMILES string of the molecule is Cc1cccc(CSCC(=O)N2CCN(c3ccncc3)CC2)c1. The smallest absolute Gasteiger partial charge is 0.232 e. The van der Waals surface area contributed by atoms with Crippen LogP contribution in [0.15, 0.2) is 48.8 Å². The van der Waals surface area contributed by atoms with E-state index in [1.54, 1.807) is 11.8 Å². The first-order valence-corrected chi connectivity index (χ1v) is 9.44. The number of nitrogens with zero attached hydrogens (tertiary/aromatic N) is 3. The van der Waals surface area contributed by atoms with Gasteiger partial charge >= 0.3 is 0 Å². The van der Waals surface area contributed by atoms with Crippen LogP contribution in [0.3, 0.4) is 0 Å². The summed E-state index contributed by atoms with van der Waals surface area (Å²) in [5.41, 5.74) is 3.74. The number of thioether (sulfide) groups is 1. The number of hydrogen-bond donors (Lipinski definition) is 0. The second-order valence-corrected chi connectivity index (χ2v) is 7.04. The van der Waals surface area contributed by atoms with Gasteiger partial charge in [-0.15, -0.1) is 11.8 Å². The molecule has 1 aromatic carbocycles. The van der Waals surface area contributed by atoms with Gasteiger partial charge in [-0.2, -0.15) is 0 Å². The number of anilines is 1. The van der Waals surface area contributed by atoms with E-state index < -0.39 is 0 Å². The number of piperazine rings is 1.